The number of carbonyl (C=O) groups is 2. The number of furan rings is 1. The minimum Gasteiger partial charge on any atom is -0.489 e. The van der Waals surface area contributed by atoms with Gasteiger partial charge in [0.05, 0.1) is 17.5 Å². The molecule has 210 valence electrons. The Kier molecular flexibility index (Phi) is 9.20. The third-order valence-corrected chi connectivity index (χ3v) is 7.02. The van der Waals surface area contributed by atoms with Crippen LogP contribution in [0.5, 0.6) is 5.75 Å². The number of esters is 1. The van der Waals surface area contributed by atoms with Gasteiger partial charge in [-0.2, -0.15) is 0 Å². The molecule has 0 aliphatic carbocycles. The quantitative estimate of drug-likeness (QED) is 0.195. The molecule has 4 rings (SSSR count). The Balaban J connectivity index is 1.61. The van der Waals surface area contributed by atoms with Crippen molar-refractivity contribution in [2.75, 3.05) is 6.61 Å². The van der Waals surface area contributed by atoms with E-state index in [0.717, 1.165) is 49.0 Å². The number of benzene rings is 3. The third-order valence-electron chi connectivity index (χ3n) is 6.03. The summed E-state index contributed by atoms with van der Waals surface area (Å²) in [5.41, 5.74) is 4.67. The van der Waals surface area contributed by atoms with Gasteiger partial charge in [0.25, 0.3) is 0 Å². The lowest BCUT2D eigenvalue weighted by atomic mass is 9.99. The molecular formula is C32H34BrNO6. The highest BCUT2D eigenvalue weighted by Gasteiger charge is 2.18. The zero-order valence-electron chi connectivity index (χ0n) is 23.4. The van der Waals surface area contributed by atoms with E-state index in [1.54, 1.807) is 6.92 Å². The number of halogens is 1. The fourth-order valence-electron chi connectivity index (χ4n) is 4.30. The standard InChI is InChI=1S/C32H34BrNO6/c1-6-37-28(35)17-24-11-7-8-13-27(24)38-19-22-15-25(30-26(16-22)29(33)20(2)39-30)23-12-9-10-21(14-23)18-34-31(36)40-32(3,4)5/h7-16H,6,17-19H2,1-5H3,(H,34,36). The minimum absolute atomic E-state index is 0.144. The van der Waals surface area contributed by atoms with Gasteiger partial charge >= 0.3 is 12.1 Å². The zero-order chi connectivity index (χ0) is 28.9. The van der Waals surface area contributed by atoms with Gasteiger partial charge in [-0.3, -0.25) is 4.79 Å². The second kappa shape index (κ2) is 12.6. The van der Waals surface area contributed by atoms with E-state index >= 15 is 0 Å². The summed E-state index contributed by atoms with van der Waals surface area (Å²) in [6.45, 7) is 10.1. The molecule has 7 nitrogen and oxygen atoms in total. The highest BCUT2D eigenvalue weighted by Crippen LogP contribution is 2.38. The Morgan fingerprint density at radius 2 is 1.77 bits per heavy atom. The molecule has 4 aromatic rings. The van der Waals surface area contributed by atoms with E-state index in [4.69, 9.17) is 18.6 Å². The molecule has 0 radical (unpaired) electrons. The Morgan fingerprint density at radius 1 is 1.00 bits per heavy atom. The van der Waals surface area contributed by atoms with Crippen LogP contribution in [0.25, 0.3) is 22.1 Å². The fraction of sp³-hybridized carbons (Fsp3) is 0.312. The molecule has 0 atom stereocenters. The molecule has 1 aromatic heterocycles. The second-order valence-electron chi connectivity index (χ2n) is 10.4. The maximum absolute atomic E-state index is 12.2. The number of nitrogens with one attached hydrogen (secondary N) is 1. The van der Waals surface area contributed by atoms with Crippen LogP contribution in [0.15, 0.2) is 69.6 Å². The number of fused-ring (bicyclic) bond motifs is 1. The van der Waals surface area contributed by atoms with Gasteiger partial charge in [-0.1, -0.05) is 36.4 Å². The Hall–Kier alpha value is -3.78. The normalized spacial score (nSPS) is 11.3. The van der Waals surface area contributed by atoms with Gasteiger partial charge in [0.2, 0.25) is 0 Å². The number of para-hydroxylation sites is 1. The van der Waals surface area contributed by atoms with E-state index < -0.39 is 11.7 Å². The number of alkyl carbamates (subject to hydrolysis) is 1. The van der Waals surface area contributed by atoms with Crippen LogP contribution in [0, 0.1) is 6.92 Å². The molecule has 1 heterocycles. The van der Waals surface area contributed by atoms with Crippen LogP contribution in [-0.2, 0) is 33.8 Å². The van der Waals surface area contributed by atoms with Crippen molar-refractivity contribution in [2.45, 2.75) is 59.8 Å². The number of aryl methyl sites for hydroxylation is 1. The lowest BCUT2D eigenvalue weighted by Crippen LogP contribution is -2.32. The molecule has 0 saturated heterocycles. The minimum atomic E-state index is -0.566. The third kappa shape index (κ3) is 7.45. The van der Waals surface area contributed by atoms with Crippen molar-refractivity contribution in [3.8, 4) is 16.9 Å². The summed E-state index contributed by atoms with van der Waals surface area (Å²) < 4.78 is 23.7. The van der Waals surface area contributed by atoms with Crippen molar-refractivity contribution in [3.63, 3.8) is 0 Å². The van der Waals surface area contributed by atoms with Crippen molar-refractivity contribution in [2.24, 2.45) is 0 Å². The molecule has 0 unspecified atom stereocenters. The maximum Gasteiger partial charge on any atom is 0.407 e. The molecule has 0 aliphatic heterocycles. The number of hydrogen-bond donors (Lipinski definition) is 1. The summed E-state index contributed by atoms with van der Waals surface area (Å²) in [7, 11) is 0. The van der Waals surface area contributed by atoms with Crippen molar-refractivity contribution < 1.29 is 28.2 Å². The molecule has 3 aromatic carbocycles. The van der Waals surface area contributed by atoms with E-state index in [2.05, 4.69) is 21.2 Å². The van der Waals surface area contributed by atoms with Gasteiger partial charge in [0.15, 0.2) is 0 Å². The average Bonchev–Trinajstić information content (AvgIpc) is 3.19. The Morgan fingerprint density at radius 3 is 2.52 bits per heavy atom. The van der Waals surface area contributed by atoms with Gasteiger partial charge in [-0.15, -0.1) is 0 Å². The van der Waals surface area contributed by atoms with Crippen LogP contribution in [0.2, 0.25) is 0 Å². The smallest absolute Gasteiger partial charge is 0.407 e. The molecule has 1 amide bonds. The Labute approximate surface area is 242 Å². The largest absolute Gasteiger partial charge is 0.489 e. The topological polar surface area (TPSA) is 87.0 Å². The van der Waals surface area contributed by atoms with Gasteiger partial charge in [-0.25, -0.2) is 4.79 Å². The van der Waals surface area contributed by atoms with Crippen molar-refractivity contribution in [1.82, 2.24) is 5.32 Å². The van der Waals surface area contributed by atoms with Crippen LogP contribution >= 0.6 is 15.9 Å². The van der Waals surface area contributed by atoms with E-state index in [1.165, 1.54) is 0 Å². The highest BCUT2D eigenvalue weighted by molar-refractivity contribution is 9.10. The fourth-order valence-corrected chi connectivity index (χ4v) is 4.68. The predicted octanol–water partition coefficient (Wildman–Crippen LogP) is 7.88. The first-order valence-electron chi connectivity index (χ1n) is 13.2. The lowest BCUT2D eigenvalue weighted by Gasteiger charge is -2.19. The first kappa shape index (κ1) is 29.2. The second-order valence-corrected chi connectivity index (χ2v) is 11.2. The molecule has 8 heteroatoms. The summed E-state index contributed by atoms with van der Waals surface area (Å²) in [6.07, 6.45) is -0.321. The predicted molar refractivity (Wildman–Crippen MR) is 158 cm³/mol. The van der Waals surface area contributed by atoms with Crippen LogP contribution in [0.3, 0.4) is 0 Å². The monoisotopic (exact) mass is 607 g/mol. The number of ether oxygens (including phenoxy) is 3. The van der Waals surface area contributed by atoms with Crippen LogP contribution in [-0.4, -0.2) is 24.3 Å². The average molecular weight is 609 g/mol. The molecule has 0 fully saturated rings. The van der Waals surface area contributed by atoms with Crippen LogP contribution in [0.1, 0.15) is 50.1 Å². The van der Waals surface area contributed by atoms with Crippen molar-refractivity contribution >= 4 is 39.0 Å². The highest BCUT2D eigenvalue weighted by atomic mass is 79.9. The number of rotatable bonds is 9. The molecule has 0 aliphatic rings. The summed E-state index contributed by atoms with van der Waals surface area (Å²) in [6, 6.07) is 19.5. The summed E-state index contributed by atoms with van der Waals surface area (Å²) in [5.74, 6) is 1.12. The summed E-state index contributed by atoms with van der Waals surface area (Å²) in [5, 5.41) is 3.75. The lowest BCUT2D eigenvalue weighted by molar-refractivity contribution is -0.142. The molecule has 1 N–H and O–H groups in total. The molecule has 0 saturated carbocycles. The van der Waals surface area contributed by atoms with Crippen molar-refractivity contribution in [3.05, 3.63) is 87.6 Å². The molecule has 0 bridgehead atoms. The first-order chi connectivity index (χ1) is 19.0. The molecule has 0 spiro atoms. The van der Waals surface area contributed by atoms with Crippen LogP contribution < -0.4 is 10.1 Å². The van der Waals surface area contributed by atoms with Gasteiger partial charge in [-0.05, 0) is 91.5 Å². The van der Waals surface area contributed by atoms with E-state index in [1.807, 2.05) is 88.4 Å². The van der Waals surface area contributed by atoms with Gasteiger partial charge in [0, 0.05) is 23.1 Å². The van der Waals surface area contributed by atoms with E-state index in [9.17, 15) is 9.59 Å². The first-order valence-corrected chi connectivity index (χ1v) is 14.0. The number of carbonyl (C=O) groups excluding carboxylic acids is 2. The Bertz CT molecular complexity index is 1520. The summed E-state index contributed by atoms with van der Waals surface area (Å²) >= 11 is 3.67. The van der Waals surface area contributed by atoms with E-state index in [0.29, 0.717) is 25.5 Å². The van der Waals surface area contributed by atoms with E-state index in [-0.39, 0.29) is 12.4 Å². The number of hydrogen-bond acceptors (Lipinski definition) is 6. The van der Waals surface area contributed by atoms with Crippen LogP contribution in [0.4, 0.5) is 4.79 Å². The van der Waals surface area contributed by atoms with Crippen molar-refractivity contribution in [1.29, 1.82) is 0 Å². The van der Waals surface area contributed by atoms with Gasteiger partial charge < -0.3 is 23.9 Å². The zero-order valence-corrected chi connectivity index (χ0v) is 25.0. The maximum atomic E-state index is 12.2. The molecular weight excluding hydrogens is 574 g/mol. The molecule has 40 heavy (non-hydrogen) atoms. The SMILES string of the molecule is CCOC(=O)Cc1ccccc1OCc1cc(-c2cccc(CNC(=O)OC(C)(C)C)c2)c2oc(C)c(Br)c2c1. The summed E-state index contributed by atoms with van der Waals surface area (Å²) in [4.78, 5) is 24.2. The van der Waals surface area contributed by atoms with Gasteiger partial charge in [0.1, 0.15) is 29.3 Å². The number of amides is 1.